The number of halogens is 2. The van der Waals surface area contributed by atoms with E-state index in [1.165, 1.54) is 26.4 Å². The molecule has 0 spiro atoms. The highest BCUT2D eigenvalue weighted by Gasteiger charge is 2.26. The summed E-state index contributed by atoms with van der Waals surface area (Å²) in [5.41, 5.74) is 7.45. The maximum Gasteiger partial charge on any atom is 0.199 e. The molecule has 0 saturated heterocycles. The first kappa shape index (κ1) is 28.1. The average molecular weight is 543 g/mol. The maximum atomic E-state index is 15.2. The van der Waals surface area contributed by atoms with Gasteiger partial charge in [-0.2, -0.15) is 0 Å². The summed E-state index contributed by atoms with van der Waals surface area (Å²) in [5, 5.41) is 3.91. The zero-order valence-electron chi connectivity index (χ0n) is 22.2. The number of benzene rings is 2. The van der Waals surface area contributed by atoms with Gasteiger partial charge in [-0.15, -0.1) is 0 Å². The third kappa shape index (κ3) is 6.21. The summed E-state index contributed by atoms with van der Waals surface area (Å²) in [7, 11) is 2.85. The van der Waals surface area contributed by atoms with E-state index in [0.29, 0.717) is 17.1 Å². The number of anilines is 1. The molecule has 0 amide bonds. The van der Waals surface area contributed by atoms with Crippen molar-refractivity contribution < 1.29 is 18.3 Å². The predicted molar refractivity (Wildman–Crippen MR) is 151 cm³/mol. The molecule has 3 aromatic rings. The van der Waals surface area contributed by atoms with Gasteiger partial charge < -0.3 is 20.5 Å². The van der Waals surface area contributed by atoms with Gasteiger partial charge in [-0.05, 0) is 73.2 Å². The fourth-order valence-corrected chi connectivity index (χ4v) is 5.86. The van der Waals surface area contributed by atoms with Crippen LogP contribution in [-0.4, -0.2) is 35.6 Å². The van der Waals surface area contributed by atoms with Crippen molar-refractivity contribution in [2.24, 2.45) is 5.92 Å². The Morgan fingerprint density at radius 2 is 1.76 bits per heavy atom. The summed E-state index contributed by atoms with van der Waals surface area (Å²) < 4.78 is 39.1. The number of nitrogens with one attached hydrogen (secondary N) is 1. The van der Waals surface area contributed by atoms with Crippen molar-refractivity contribution in [3.05, 3.63) is 53.4 Å². The van der Waals surface area contributed by atoms with Crippen molar-refractivity contribution in [2.75, 3.05) is 26.5 Å². The number of hydrogen-bond acceptors (Lipinski definition) is 7. The molecule has 6 nitrogen and oxygen atoms in total. The summed E-state index contributed by atoms with van der Waals surface area (Å²) in [6.07, 6.45) is 6.42. The van der Waals surface area contributed by atoms with Crippen LogP contribution in [-0.2, 0) is 0 Å². The standard InChI is InChI=1S/C29H36F2N4O2S/c1-4-33-22(17-11-13-20(30)14-12-17)16-24(38)18-7-5-9-19(10-6-8-18)29-34-26-21(28(32)35-29)15-23(36-2)27(37-3)25(26)31/h11-15,18-19,22,33H,4-10,16H2,1-3H3,(H2,32,34,35)/t18?,19?,22-/m1/s1. The monoisotopic (exact) mass is 542 g/mol. The van der Waals surface area contributed by atoms with Crippen LogP contribution < -0.4 is 20.5 Å². The molecule has 0 radical (unpaired) electrons. The molecule has 2 aromatic carbocycles. The van der Waals surface area contributed by atoms with Crippen molar-refractivity contribution in [3.63, 3.8) is 0 Å². The van der Waals surface area contributed by atoms with Crippen LogP contribution in [0, 0.1) is 17.6 Å². The molecule has 1 heterocycles. The molecule has 38 heavy (non-hydrogen) atoms. The normalized spacial score (nSPS) is 19.0. The lowest BCUT2D eigenvalue weighted by Crippen LogP contribution is -2.26. The molecule has 1 aliphatic rings. The molecule has 1 atom stereocenters. The molecule has 9 heteroatoms. The second kappa shape index (κ2) is 12.8. The average Bonchev–Trinajstić information content (AvgIpc) is 2.89. The van der Waals surface area contributed by atoms with Gasteiger partial charge in [-0.25, -0.2) is 18.7 Å². The quantitative estimate of drug-likeness (QED) is 0.292. The Kier molecular flexibility index (Phi) is 9.44. The highest BCUT2D eigenvalue weighted by Crippen LogP contribution is 2.39. The first-order chi connectivity index (χ1) is 18.4. The topological polar surface area (TPSA) is 82.3 Å². The van der Waals surface area contributed by atoms with E-state index in [2.05, 4.69) is 22.2 Å². The van der Waals surface area contributed by atoms with Crippen LogP contribution in [0.5, 0.6) is 11.5 Å². The molecule has 3 N–H and O–H groups in total. The molecule has 0 unspecified atom stereocenters. The molecule has 1 saturated carbocycles. The summed E-state index contributed by atoms with van der Waals surface area (Å²) >= 11 is 5.93. The van der Waals surface area contributed by atoms with E-state index in [1.807, 2.05) is 12.1 Å². The smallest absolute Gasteiger partial charge is 0.199 e. The van der Waals surface area contributed by atoms with E-state index >= 15 is 4.39 Å². The molecule has 0 bridgehead atoms. The zero-order valence-corrected chi connectivity index (χ0v) is 23.0. The van der Waals surface area contributed by atoms with Crippen LogP contribution >= 0.6 is 12.2 Å². The van der Waals surface area contributed by atoms with Gasteiger partial charge in [0.25, 0.3) is 0 Å². The summed E-state index contributed by atoms with van der Waals surface area (Å²) in [4.78, 5) is 10.2. The molecule has 1 fully saturated rings. The van der Waals surface area contributed by atoms with Crippen molar-refractivity contribution >= 4 is 33.8 Å². The van der Waals surface area contributed by atoms with Crippen molar-refractivity contribution in [2.45, 2.75) is 63.8 Å². The van der Waals surface area contributed by atoms with E-state index in [9.17, 15) is 4.39 Å². The number of thiocarbonyl (C=S) groups is 1. The minimum Gasteiger partial charge on any atom is -0.493 e. The van der Waals surface area contributed by atoms with Crippen LogP contribution in [0.4, 0.5) is 14.6 Å². The summed E-state index contributed by atoms with van der Waals surface area (Å²) in [5.74, 6) is 0.692. The van der Waals surface area contributed by atoms with Crippen LogP contribution in [0.15, 0.2) is 30.3 Å². The van der Waals surface area contributed by atoms with Crippen LogP contribution in [0.25, 0.3) is 10.9 Å². The Hall–Kier alpha value is -2.91. The lowest BCUT2D eigenvalue weighted by atomic mass is 9.82. The van der Waals surface area contributed by atoms with Gasteiger partial charge in [-0.1, -0.05) is 44.1 Å². The van der Waals surface area contributed by atoms with Gasteiger partial charge >= 0.3 is 0 Å². The first-order valence-electron chi connectivity index (χ1n) is 13.2. The maximum absolute atomic E-state index is 15.2. The second-order valence-electron chi connectivity index (χ2n) is 9.88. The predicted octanol–water partition coefficient (Wildman–Crippen LogP) is 6.67. The van der Waals surface area contributed by atoms with Crippen LogP contribution in [0.3, 0.4) is 0 Å². The molecule has 1 aliphatic carbocycles. The third-order valence-electron chi connectivity index (χ3n) is 7.48. The van der Waals surface area contributed by atoms with E-state index in [4.69, 9.17) is 27.4 Å². The minimum atomic E-state index is -0.593. The highest BCUT2D eigenvalue weighted by molar-refractivity contribution is 7.80. The molecule has 1 aromatic heterocycles. The number of nitrogens with two attached hydrogens (primary N) is 1. The molecular formula is C29H36F2N4O2S. The Labute approximate surface area is 228 Å². The molecule has 204 valence electrons. The Morgan fingerprint density at radius 1 is 1.08 bits per heavy atom. The van der Waals surface area contributed by atoms with Crippen molar-refractivity contribution in [1.29, 1.82) is 0 Å². The van der Waals surface area contributed by atoms with Crippen molar-refractivity contribution in [3.8, 4) is 11.5 Å². The number of methoxy groups -OCH3 is 2. The molecule has 0 aliphatic heterocycles. The largest absolute Gasteiger partial charge is 0.493 e. The summed E-state index contributed by atoms with van der Waals surface area (Å²) in [6, 6.07) is 8.35. The van der Waals surface area contributed by atoms with Gasteiger partial charge in [0, 0.05) is 17.3 Å². The van der Waals surface area contributed by atoms with Crippen LogP contribution in [0.2, 0.25) is 0 Å². The number of fused-ring (bicyclic) bond motifs is 1. The number of ether oxygens (including phenoxy) is 2. The van der Waals surface area contributed by atoms with Gasteiger partial charge in [0.1, 0.15) is 23.0 Å². The van der Waals surface area contributed by atoms with Gasteiger partial charge in [0.15, 0.2) is 17.3 Å². The van der Waals surface area contributed by atoms with Gasteiger partial charge in [-0.3, -0.25) is 0 Å². The summed E-state index contributed by atoms with van der Waals surface area (Å²) in [6.45, 7) is 2.88. The van der Waals surface area contributed by atoms with E-state index < -0.39 is 5.82 Å². The number of nitrogen functional groups attached to an aromatic ring is 1. The molecular weight excluding hydrogens is 506 g/mol. The van der Waals surface area contributed by atoms with E-state index in [-0.39, 0.29) is 40.6 Å². The number of nitrogens with zero attached hydrogens (tertiary/aromatic N) is 2. The number of hydrogen-bond donors (Lipinski definition) is 2. The first-order valence-corrected chi connectivity index (χ1v) is 13.7. The van der Waals surface area contributed by atoms with Crippen LogP contribution in [0.1, 0.15) is 75.2 Å². The molecule has 4 rings (SSSR count). The Morgan fingerprint density at radius 3 is 2.37 bits per heavy atom. The highest BCUT2D eigenvalue weighted by atomic mass is 32.1. The lowest BCUT2D eigenvalue weighted by molar-refractivity contribution is 0.339. The van der Waals surface area contributed by atoms with Gasteiger partial charge in [0.2, 0.25) is 0 Å². The number of aromatic nitrogens is 2. The van der Waals surface area contributed by atoms with E-state index in [0.717, 1.165) is 61.9 Å². The van der Waals surface area contributed by atoms with E-state index in [1.54, 1.807) is 6.07 Å². The van der Waals surface area contributed by atoms with Crippen molar-refractivity contribution in [1.82, 2.24) is 15.3 Å². The third-order valence-corrected chi connectivity index (χ3v) is 7.98. The Balaban J connectivity index is 1.45. The fraction of sp³-hybridized carbons (Fsp3) is 0.483. The second-order valence-corrected chi connectivity index (χ2v) is 10.4. The van der Waals surface area contributed by atoms with Gasteiger partial charge in [0.05, 0.1) is 14.2 Å². The zero-order chi connectivity index (χ0) is 27.2. The fourth-order valence-electron chi connectivity index (χ4n) is 5.46. The number of rotatable bonds is 9. The SMILES string of the molecule is CCN[C@H](CC(=S)C1CCCC(c2nc(N)c3cc(OC)c(OC)c(F)c3n2)CCC1)c1ccc(F)cc1. The minimum absolute atomic E-state index is 0.00887. The Bertz CT molecular complexity index is 1260. The lowest BCUT2D eigenvalue weighted by Gasteiger charge is -2.27.